The molecule has 4 nitrogen and oxygen atoms in total. The van der Waals surface area contributed by atoms with Crippen LogP contribution in [0.15, 0.2) is 84.9 Å². The number of hydrogen-bond donors (Lipinski definition) is 1. The maximum atomic E-state index is 11.5. The summed E-state index contributed by atoms with van der Waals surface area (Å²) >= 11 is 0. The van der Waals surface area contributed by atoms with Crippen LogP contribution < -0.4 is 9.92 Å². The molecule has 3 aromatic rings. The number of benzene rings is 3. The lowest BCUT2D eigenvalue weighted by Gasteiger charge is -2.23. The number of esters is 1. The van der Waals surface area contributed by atoms with Crippen LogP contribution in [0.25, 0.3) is 22.3 Å². The van der Waals surface area contributed by atoms with Crippen LogP contribution in [0.3, 0.4) is 0 Å². The van der Waals surface area contributed by atoms with E-state index in [1.165, 1.54) is 40.8 Å². The number of aliphatic hydroxyl groups excluding tert-OH is 1. The van der Waals surface area contributed by atoms with Crippen molar-refractivity contribution in [1.29, 1.82) is 0 Å². The van der Waals surface area contributed by atoms with Crippen LogP contribution in [-0.2, 0) is 9.53 Å². The lowest BCUT2D eigenvalue weighted by molar-refractivity contribution is -0.140. The molecule has 0 bridgehead atoms. The van der Waals surface area contributed by atoms with E-state index >= 15 is 0 Å². The molecule has 1 N–H and O–H groups in total. The number of carbonyl (C=O) groups excluding carboxylic acids is 1. The molecule has 208 valence electrons. The fraction of sp³-hybridized carbons (Fsp3) is 0.382. The van der Waals surface area contributed by atoms with E-state index in [9.17, 15) is 9.90 Å². The summed E-state index contributed by atoms with van der Waals surface area (Å²) in [5.41, 5.74) is 5.17. The molecule has 1 atom stereocenters. The van der Waals surface area contributed by atoms with Crippen molar-refractivity contribution in [3.8, 4) is 28.0 Å². The Labute approximate surface area is 235 Å². The highest BCUT2D eigenvalue weighted by molar-refractivity contribution is 6.89. The topological polar surface area (TPSA) is 55.8 Å². The van der Waals surface area contributed by atoms with Crippen molar-refractivity contribution in [3.63, 3.8) is 0 Å². The summed E-state index contributed by atoms with van der Waals surface area (Å²) in [5, 5.41) is 11.1. The Balaban J connectivity index is 1.50. The van der Waals surface area contributed by atoms with Gasteiger partial charge in [0.15, 0.2) is 0 Å². The van der Waals surface area contributed by atoms with Gasteiger partial charge >= 0.3 is 5.97 Å². The van der Waals surface area contributed by atoms with Crippen LogP contribution in [-0.4, -0.2) is 39.0 Å². The van der Waals surface area contributed by atoms with Crippen LogP contribution in [0.1, 0.15) is 39.5 Å². The smallest absolute Gasteiger partial charge is 0.333 e. The molecule has 0 radical (unpaired) electrons. The highest BCUT2D eigenvalue weighted by atomic mass is 28.3. The summed E-state index contributed by atoms with van der Waals surface area (Å²) in [5.74, 6) is 0.298. The summed E-state index contributed by atoms with van der Waals surface area (Å²) in [7, 11) is -1.35. The number of hydrogen-bond acceptors (Lipinski definition) is 4. The summed E-state index contributed by atoms with van der Waals surface area (Å²) in [6.07, 6.45) is 4.06. The van der Waals surface area contributed by atoms with Crippen LogP contribution in [0, 0.1) is 5.92 Å². The molecule has 5 heteroatoms. The van der Waals surface area contributed by atoms with E-state index in [0.717, 1.165) is 17.7 Å². The van der Waals surface area contributed by atoms with E-state index in [0.29, 0.717) is 18.6 Å². The van der Waals surface area contributed by atoms with Gasteiger partial charge < -0.3 is 14.6 Å². The van der Waals surface area contributed by atoms with Gasteiger partial charge in [0.05, 0.1) is 21.3 Å². The second kappa shape index (κ2) is 14.9. The SMILES string of the molecule is C=C(C)C(=O)OCC(CO)CCCOc1ccc(-c2ccc(-c3ccc([Si](C)(C)CCCC)cc3)cc2)cc1. The first-order chi connectivity index (χ1) is 18.7. The van der Waals surface area contributed by atoms with E-state index in [1.807, 2.05) is 12.1 Å². The summed E-state index contributed by atoms with van der Waals surface area (Å²) in [6, 6.07) is 27.4. The minimum Gasteiger partial charge on any atom is -0.494 e. The average molecular weight is 545 g/mol. The van der Waals surface area contributed by atoms with Crippen molar-refractivity contribution in [2.45, 2.75) is 58.7 Å². The van der Waals surface area contributed by atoms with E-state index in [1.54, 1.807) is 6.92 Å². The Morgan fingerprint density at radius 1 is 0.872 bits per heavy atom. The Hall–Kier alpha value is -3.15. The standard InChI is InChI=1S/C34H44O4Si/c1-6-7-23-39(4,5)33-20-16-31(17-21-33)29-12-10-28(11-13-29)30-14-18-32(19-15-30)37-22-8-9-27(24-35)25-38-34(36)26(2)3/h10-21,27,35H,2,6-9,22-25H2,1,3-5H3. The minimum absolute atomic E-state index is 0.0267. The fourth-order valence-corrected chi connectivity index (χ4v) is 7.18. The number of carbonyl (C=O) groups is 1. The van der Waals surface area contributed by atoms with Crippen LogP contribution in [0.2, 0.25) is 19.1 Å². The van der Waals surface area contributed by atoms with Crippen molar-refractivity contribution in [1.82, 2.24) is 0 Å². The van der Waals surface area contributed by atoms with Gasteiger partial charge in [0, 0.05) is 18.1 Å². The van der Waals surface area contributed by atoms with E-state index in [2.05, 4.69) is 87.3 Å². The first-order valence-electron chi connectivity index (χ1n) is 14.1. The lowest BCUT2D eigenvalue weighted by Crippen LogP contribution is -2.40. The van der Waals surface area contributed by atoms with Gasteiger partial charge in [0.2, 0.25) is 0 Å². The Morgan fingerprint density at radius 3 is 1.87 bits per heavy atom. The van der Waals surface area contributed by atoms with E-state index in [4.69, 9.17) is 9.47 Å². The molecule has 0 aliphatic carbocycles. The van der Waals surface area contributed by atoms with Gasteiger partial charge in [0.25, 0.3) is 0 Å². The third-order valence-electron chi connectivity index (χ3n) is 7.31. The third kappa shape index (κ3) is 9.22. The Morgan fingerprint density at radius 2 is 1.38 bits per heavy atom. The molecular weight excluding hydrogens is 500 g/mol. The molecule has 39 heavy (non-hydrogen) atoms. The van der Waals surface area contributed by atoms with Gasteiger partial charge in [-0.25, -0.2) is 4.79 Å². The van der Waals surface area contributed by atoms with Crippen molar-refractivity contribution in [2.24, 2.45) is 5.92 Å². The van der Waals surface area contributed by atoms with Gasteiger partial charge in [-0.15, -0.1) is 0 Å². The second-order valence-electron chi connectivity index (χ2n) is 11.1. The predicted molar refractivity (Wildman–Crippen MR) is 165 cm³/mol. The van der Waals surface area contributed by atoms with Crippen LogP contribution >= 0.6 is 0 Å². The summed E-state index contributed by atoms with van der Waals surface area (Å²) < 4.78 is 11.0. The molecular formula is C34H44O4Si. The molecule has 0 aliphatic rings. The minimum atomic E-state index is -1.35. The van der Waals surface area contributed by atoms with Crippen molar-refractivity contribution in [2.75, 3.05) is 19.8 Å². The number of aliphatic hydroxyl groups is 1. The highest BCUT2D eigenvalue weighted by Crippen LogP contribution is 2.27. The zero-order valence-electron chi connectivity index (χ0n) is 24.0. The predicted octanol–water partition coefficient (Wildman–Crippen LogP) is 7.62. The van der Waals surface area contributed by atoms with Gasteiger partial charge in [-0.05, 0) is 54.2 Å². The summed E-state index contributed by atoms with van der Waals surface area (Å²) in [4.78, 5) is 11.5. The highest BCUT2D eigenvalue weighted by Gasteiger charge is 2.22. The number of rotatable bonds is 15. The van der Waals surface area contributed by atoms with Crippen molar-refractivity contribution >= 4 is 19.2 Å². The molecule has 0 heterocycles. The number of ether oxygens (including phenoxy) is 2. The zero-order valence-corrected chi connectivity index (χ0v) is 25.0. The Bertz CT molecular complexity index is 1180. The maximum Gasteiger partial charge on any atom is 0.333 e. The van der Waals surface area contributed by atoms with E-state index in [-0.39, 0.29) is 19.1 Å². The lowest BCUT2D eigenvalue weighted by atomic mass is 10.0. The quantitative estimate of drug-likeness (QED) is 0.0925. The first-order valence-corrected chi connectivity index (χ1v) is 17.3. The van der Waals surface area contributed by atoms with Gasteiger partial charge in [-0.1, -0.05) is 111 Å². The molecule has 1 unspecified atom stereocenters. The largest absolute Gasteiger partial charge is 0.494 e. The molecule has 3 rings (SSSR count). The zero-order chi connectivity index (χ0) is 28.3. The molecule has 0 aliphatic heterocycles. The molecule has 0 saturated heterocycles. The number of unbranched alkanes of at least 4 members (excludes halogenated alkanes) is 1. The molecule has 3 aromatic carbocycles. The first kappa shape index (κ1) is 30.4. The second-order valence-corrected chi connectivity index (χ2v) is 15.9. The molecule has 0 amide bonds. The van der Waals surface area contributed by atoms with Gasteiger partial charge in [0.1, 0.15) is 5.75 Å². The average Bonchev–Trinajstić information content (AvgIpc) is 2.96. The molecule has 0 aromatic heterocycles. The normalized spacial score (nSPS) is 12.1. The molecule has 0 spiro atoms. The monoisotopic (exact) mass is 544 g/mol. The van der Waals surface area contributed by atoms with Crippen molar-refractivity contribution in [3.05, 3.63) is 84.9 Å². The summed E-state index contributed by atoms with van der Waals surface area (Å²) in [6.45, 7) is 13.1. The Kier molecular flexibility index (Phi) is 11.6. The van der Waals surface area contributed by atoms with Gasteiger partial charge in [-0.3, -0.25) is 0 Å². The van der Waals surface area contributed by atoms with E-state index < -0.39 is 14.0 Å². The van der Waals surface area contributed by atoms with Crippen LogP contribution in [0.4, 0.5) is 0 Å². The van der Waals surface area contributed by atoms with Crippen LogP contribution in [0.5, 0.6) is 5.75 Å². The van der Waals surface area contributed by atoms with Gasteiger partial charge in [-0.2, -0.15) is 0 Å². The third-order valence-corrected chi connectivity index (χ3v) is 10.8. The van der Waals surface area contributed by atoms with Crippen molar-refractivity contribution < 1.29 is 19.4 Å². The molecule has 0 saturated carbocycles. The maximum absolute atomic E-state index is 11.5. The fourth-order valence-electron chi connectivity index (χ4n) is 4.58. The molecule has 0 fully saturated rings.